The fraction of sp³-hybridized carbons (Fsp3) is 0.0769. The van der Waals surface area contributed by atoms with E-state index in [1.807, 2.05) is 11.3 Å². The Bertz CT molecular complexity index is 1390. The Morgan fingerprint density at radius 2 is 1.25 bits per heavy atom. The maximum absolute atomic E-state index is 2.48. The SMILES string of the molecule is C[Si]1(C)c2ccccc2-c2ccc(-c3ccc4sc5ccccc5c4c3)cc21. The number of thiophene rings is 1. The average molecular weight is 393 g/mol. The normalized spacial score (nSPS) is 14.4. The van der Waals surface area contributed by atoms with Crippen LogP contribution in [0.2, 0.25) is 13.1 Å². The zero-order chi connectivity index (χ0) is 18.9. The van der Waals surface area contributed by atoms with E-state index in [9.17, 15) is 0 Å². The van der Waals surface area contributed by atoms with E-state index in [1.54, 1.807) is 10.4 Å². The van der Waals surface area contributed by atoms with Crippen molar-refractivity contribution in [1.29, 1.82) is 0 Å². The molecule has 28 heavy (non-hydrogen) atoms. The molecule has 0 amide bonds. The second kappa shape index (κ2) is 5.66. The molecule has 0 unspecified atom stereocenters. The quantitative estimate of drug-likeness (QED) is 0.285. The van der Waals surface area contributed by atoms with Gasteiger partial charge in [-0.15, -0.1) is 11.3 Å². The van der Waals surface area contributed by atoms with Gasteiger partial charge >= 0.3 is 0 Å². The van der Waals surface area contributed by atoms with E-state index in [4.69, 9.17) is 0 Å². The van der Waals surface area contributed by atoms with Crippen LogP contribution in [0.25, 0.3) is 42.4 Å². The van der Waals surface area contributed by atoms with E-state index in [0.717, 1.165) is 0 Å². The van der Waals surface area contributed by atoms with Crippen molar-refractivity contribution in [2.75, 3.05) is 0 Å². The Balaban J connectivity index is 1.55. The second-order valence-electron chi connectivity index (χ2n) is 8.24. The molecule has 0 N–H and O–H groups in total. The van der Waals surface area contributed by atoms with Gasteiger partial charge in [-0.05, 0) is 50.8 Å². The predicted molar refractivity (Wildman–Crippen MR) is 127 cm³/mol. The molecule has 0 aliphatic carbocycles. The van der Waals surface area contributed by atoms with Crippen LogP contribution in [0.1, 0.15) is 0 Å². The Morgan fingerprint density at radius 1 is 0.571 bits per heavy atom. The van der Waals surface area contributed by atoms with Gasteiger partial charge in [0.2, 0.25) is 0 Å². The van der Waals surface area contributed by atoms with Crippen molar-refractivity contribution >= 4 is 50.0 Å². The first kappa shape index (κ1) is 16.3. The lowest BCUT2D eigenvalue weighted by atomic mass is 9.99. The predicted octanol–water partition coefficient (Wildman–Crippen LogP) is 6.52. The molecule has 5 aromatic rings. The summed E-state index contributed by atoms with van der Waals surface area (Å²) in [6, 6.07) is 31.8. The first-order chi connectivity index (χ1) is 13.6. The van der Waals surface area contributed by atoms with Crippen LogP contribution >= 0.6 is 11.3 Å². The summed E-state index contributed by atoms with van der Waals surface area (Å²) in [7, 11) is -1.63. The molecule has 0 fully saturated rings. The van der Waals surface area contributed by atoms with E-state index >= 15 is 0 Å². The fourth-order valence-corrected chi connectivity index (χ4v) is 8.98. The molecule has 0 spiro atoms. The summed E-state index contributed by atoms with van der Waals surface area (Å²) in [6.45, 7) is 4.97. The van der Waals surface area contributed by atoms with Crippen molar-refractivity contribution in [3.63, 3.8) is 0 Å². The molecule has 4 aromatic carbocycles. The van der Waals surface area contributed by atoms with Crippen LogP contribution in [0.5, 0.6) is 0 Å². The Morgan fingerprint density at radius 3 is 2.18 bits per heavy atom. The highest BCUT2D eigenvalue weighted by atomic mass is 32.1. The topological polar surface area (TPSA) is 0 Å². The minimum atomic E-state index is -1.63. The largest absolute Gasteiger partial charge is 0.135 e. The highest BCUT2D eigenvalue weighted by molar-refractivity contribution is 7.25. The number of rotatable bonds is 1. The Hall–Kier alpha value is -2.68. The number of hydrogen-bond acceptors (Lipinski definition) is 1. The first-order valence-corrected chi connectivity index (χ1v) is 13.6. The third kappa shape index (κ3) is 2.16. The Labute approximate surface area is 170 Å². The Kier molecular flexibility index (Phi) is 3.29. The van der Waals surface area contributed by atoms with Crippen molar-refractivity contribution in [3.05, 3.63) is 84.9 Å². The van der Waals surface area contributed by atoms with Crippen LogP contribution in [0.15, 0.2) is 84.9 Å². The van der Waals surface area contributed by atoms with Crippen molar-refractivity contribution < 1.29 is 0 Å². The van der Waals surface area contributed by atoms with Crippen LogP contribution in [0.4, 0.5) is 0 Å². The van der Waals surface area contributed by atoms with Gasteiger partial charge in [-0.2, -0.15) is 0 Å². The van der Waals surface area contributed by atoms with Gasteiger partial charge < -0.3 is 0 Å². The lowest BCUT2D eigenvalue weighted by Crippen LogP contribution is -2.49. The van der Waals surface area contributed by atoms with Crippen LogP contribution in [0, 0.1) is 0 Å². The maximum atomic E-state index is 2.48. The van der Waals surface area contributed by atoms with Gasteiger partial charge in [-0.3, -0.25) is 0 Å². The monoisotopic (exact) mass is 392 g/mol. The molecular weight excluding hydrogens is 372 g/mol. The smallest absolute Gasteiger partial charge is 0.113 e. The first-order valence-electron chi connectivity index (χ1n) is 9.79. The lowest BCUT2D eigenvalue weighted by molar-refractivity contribution is 1.67. The standard InChI is InChI=1S/C26H20SSi/c1-28(2)25-10-6-4-8-20(25)21-13-11-18(16-26(21)28)17-12-14-24-22(15-17)19-7-3-5-9-23(19)27-24/h3-16H,1-2H3. The molecule has 6 rings (SSSR count). The summed E-state index contributed by atoms with van der Waals surface area (Å²) in [5.41, 5.74) is 5.54. The average Bonchev–Trinajstić information content (AvgIpc) is 3.21. The molecule has 0 atom stereocenters. The van der Waals surface area contributed by atoms with Gasteiger partial charge in [0.05, 0.1) is 0 Å². The summed E-state index contributed by atoms with van der Waals surface area (Å²) in [5, 5.41) is 5.88. The molecular formula is C26H20SSi. The second-order valence-corrected chi connectivity index (χ2v) is 13.7. The summed E-state index contributed by atoms with van der Waals surface area (Å²) in [6.07, 6.45) is 0. The summed E-state index contributed by atoms with van der Waals surface area (Å²) in [5.74, 6) is 0. The van der Waals surface area contributed by atoms with E-state index in [-0.39, 0.29) is 0 Å². The number of hydrogen-bond donors (Lipinski definition) is 0. The molecule has 134 valence electrons. The van der Waals surface area contributed by atoms with Gasteiger partial charge in [0.25, 0.3) is 0 Å². The number of fused-ring (bicyclic) bond motifs is 6. The highest BCUT2D eigenvalue weighted by Gasteiger charge is 2.37. The summed E-state index contributed by atoms with van der Waals surface area (Å²) in [4.78, 5) is 0. The molecule has 0 bridgehead atoms. The van der Waals surface area contributed by atoms with Crippen molar-refractivity contribution in [2.45, 2.75) is 13.1 Å². The maximum Gasteiger partial charge on any atom is 0.113 e. The molecule has 0 nitrogen and oxygen atoms in total. The van der Waals surface area contributed by atoms with Gasteiger partial charge in [0, 0.05) is 20.2 Å². The van der Waals surface area contributed by atoms with Crippen LogP contribution in [-0.4, -0.2) is 8.07 Å². The van der Waals surface area contributed by atoms with Crippen molar-refractivity contribution in [2.24, 2.45) is 0 Å². The number of benzene rings is 4. The van der Waals surface area contributed by atoms with Crippen LogP contribution < -0.4 is 10.4 Å². The zero-order valence-corrected chi connectivity index (χ0v) is 17.8. The van der Waals surface area contributed by atoms with Crippen molar-refractivity contribution in [3.8, 4) is 22.3 Å². The fourth-order valence-electron chi connectivity index (χ4n) is 4.79. The summed E-state index contributed by atoms with van der Waals surface area (Å²) >= 11 is 1.88. The molecule has 1 aromatic heterocycles. The van der Waals surface area contributed by atoms with Crippen LogP contribution in [-0.2, 0) is 0 Å². The van der Waals surface area contributed by atoms with Gasteiger partial charge in [0.15, 0.2) is 0 Å². The molecule has 1 aliphatic heterocycles. The minimum Gasteiger partial charge on any atom is -0.135 e. The third-order valence-electron chi connectivity index (χ3n) is 6.29. The molecule has 0 saturated heterocycles. The molecule has 0 saturated carbocycles. The van der Waals surface area contributed by atoms with Gasteiger partial charge in [0.1, 0.15) is 8.07 Å². The molecule has 2 heterocycles. The van der Waals surface area contributed by atoms with E-state index < -0.39 is 8.07 Å². The zero-order valence-electron chi connectivity index (χ0n) is 16.0. The van der Waals surface area contributed by atoms with Crippen molar-refractivity contribution in [1.82, 2.24) is 0 Å². The van der Waals surface area contributed by atoms with Gasteiger partial charge in [-0.25, -0.2) is 0 Å². The van der Waals surface area contributed by atoms with E-state index in [2.05, 4.69) is 98.0 Å². The van der Waals surface area contributed by atoms with E-state index in [0.29, 0.717) is 0 Å². The van der Waals surface area contributed by atoms with E-state index in [1.165, 1.54) is 42.4 Å². The summed E-state index contributed by atoms with van der Waals surface area (Å²) < 4.78 is 2.74. The van der Waals surface area contributed by atoms with Gasteiger partial charge in [-0.1, -0.05) is 79.8 Å². The minimum absolute atomic E-state index is 1.32. The third-order valence-corrected chi connectivity index (χ3v) is 11.0. The highest BCUT2D eigenvalue weighted by Crippen LogP contribution is 2.37. The molecule has 2 heteroatoms. The molecule has 0 radical (unpaired) electrons. The van der Waals surface area contributed by atoms with Crippen LogP contribution in [0.3, 0.4) is 0 Å². The lowest BCUT2D eigenvalue weighted by Gasteiger charge is -2.19. The molecule has 1 aliphatic rings.